The van der Waals surface area contributed by atoms with Gasteiger partial charge < -0.3 is 10.1 Å². The Bertz CT molecular complexity index is 425. The van der Waals surface area contributed by atoms with Crippen molar-refractivity contribution < 1.29 is 9.59 Å². The molecular weight excluding hydrogens is 214 g/mol. The molecule has 1 aliphatic carbocycles. The second-order valence-corrected chi connectivity index (χ2v) is 5.16. The smallest absolute Gasteiger partial charge is 0.224 e. The first-order valence-corrected chi connectivity index (χ1v) is 5.84. The molecular formula is C14H17NO2. The topological polar surface area (TPSA) is 46.2 Å². The van der Waals surface area contributed by atoms with Crippen molar-refractivity contribution in [2.45, 2.75) is 20.4 Å². The van der Waals surface area contributed by atoms with Gasteiger partial charge in [-0.1, -0.05) is 44.2 Å². The molecule has 1 amide bonds. The fraction of sp³-hybridized carbons (Fsp3) is 0.429. The molecule has 2 rings (SSSR count). The molecule has 1 aliphatic rings. The number of hydrogen-bond acceptors (Lipinski definition) is 2. The SMILES string of the molecule is CC1(C)[C@H](C(=O)NCc2ccccc2)[C@@H]1C=O. The van der Waals surface area contributed by atoms with Crippen LogP contribution >= 0.6 is 0 Å². The van der Waals surface area contributed by atoms with Crippen LogP contribution in [0.4, 0.5) is 0 Å². The van der Waals surface area contributed by atoms with E-state index in [0.29, 0.717) is 6.54 Å². The lowest BCUT2D eigenvalue weighted by Crippen LogP contribution is -2.26. The van der Waals surface area contributed by atoms with E-state index < -0.39 is 0 Å². The average Bonchev–Trinajstić information content (AvgIpc) is 2.89. The van der Waals surface area contributed by atoms with Crippen molar-refractivity contribution in [3.05, 3.63) is 35.9 Å². The number of carbonyl (C=O) groups excluding carboxylic acids is 2. The van der Waals surface area contributed by atoms with Crippen molar-refractivity contribution in [1.82, 2.24) is 5.32 Å². The number of rotatable bonds is 4. The van der Waals surface area contributed by atoms with Crippen LogP contribution in [0.15, 0.2) is 30.3 Å². The first-order chi connectivity index (χ1) is 8.07. The molecule has 17 heavy (non-hydrogen) atoms. The van der Waals surface area contributed by atoms with Crippen molar-refractivity contribution in [3.63, 3.8) is 0 Å². The summed E-state index contributed by atoms with van der Waals surface area (Å²) in [5.74, 6) is -0.307. The van der Waals surface area contributed by atoms with Gasteiger partial charge in [0, 0.05) is 12.5 Å². The van der Waals surface area contributed by atoms with Gasteiger partial charge >= 0.3 is 0 Å². The minimum Gasteiger partial charge on any atom is -0.352 e. The zero-order valence-corrected chi connectivity index (χ0v) is 10.1. The molecule has 0 saturated heterocycles. The highest BCUT2D eigenvalue weighted by Gasteiger charge is 2.61. The molecule has 1 aromatic rings. The molecule has 0 spiro atoms. The van der Waals surface area contributed by atoms with Crippen LogP contribution in [0.3, 0.4) is 0 Å². The molecule has 3 nitrogen and oxygen atoms in total. The number of carbonyl (C=O) groups is 2. The Morgan fingerprint density at radius 2 is 2.00 bits per heavy atom. The van der Waals surface area contributed by atoms with Gasteiger partial charge in [-0.2, -0.15) is 0 Å². The third kappa shape index (κ3) is 2.23. The highest BCUT2D eigenvalue weighted by atomic mass is 16.2. The Hall–Kier alpha value is -1.64. The highest BCUT2D eigenvalue weighted by molar-refractivity contribution is 5.88. The van der Waals surface area contributed by atoms with Gasteiger partial charge in [0.05, 0.1) is 5.92 Å². The Morgan fingerprint density at radius 3 is 2.53 bits per heavy atom. The van der Waals surface area contributed by atoms with Crippen LogP contribution in [0.1, 0.15) is 19.4 Å². The predicted molar refractivity (Wildman–Crippen MR) is 65.1 cm³/mol. The summed E-state index contributed by atoms with van der Waals surface area (Å²) in [6.45, 7) is 4.44. The molecule has 2 atom stereocenters. The van der Waals surface area contributed by atoms with Gasteiger partial charge in [-0.15, -0.1) is 0 Å². The molecule has 3 heteroatoms. The highest BCUT2D eigenvalue weighted by Crippen LogP contribution is 2.56. The van der Waals surface area contributed by atoms with Crippen molar-refractivity contribution in [1.29, 1.82) is 0 Å². The number of aldehydes is 1. The van der Waals surface area contributed by atoms with E-state index in [1.807, 2.05) is 44.2 Å². The van der Waals surface area contributed by atoms with Gasteiger partial charge in [0.15, 0.2) is 0 Å². The Morgan fingerprint density at radius 1 is 1.35 bits per heavy atom. The number of benzene rings is 1. The van der Waals surface area contributed by atoms with Crippen molar-refractivity contribution in [2.75, 3.05) is 0 Å². The van der Waals surface area contributed by atoms with E-state index >= 15 is 0 Å². The summed E-state index contributed by atoms with van der Waals surface area (Å²) in [5.41, 5.74) is 0.893. The van der Waals surface area contributed by atoms with Gasteiger partial charge in [0.1, 0.15) is 6.29 Å². The lowest BCUT2D eigenvalue weighted by atomic mass is 10.1. The Kier molecular flexibility index (Phi) is 3.01. The predicted octanol–water partition coefficient (Wildman–Crippen LogP) is 1.77. The van der Waals surface area contributed by atoms with Crippen LogP contribution in [0.5, 0.6) is 0 Å². The largest absolute Gasteiger partial charge is 0.352 e. The maximum atomic E-state index is 11.9. The Labute approximate surface area is 101 Å². The molecule has 0 aromatic heterocycles. The minimum absolute atomic E-state index is 0.0176. The van der Waals surface area contributed by atoms with Crippen molar-refractivity contribution >= 4 is 12.2 Å². The van der Waals surface area contributed by atoms with Gasteiger partial charge in [0.25, 0.3) is 0 Å². The molecule has 1 aromatic carbocycles. The summed E-state index contributed by atoms with van der Waals surface area (Å²) in [7, 11) is 0. The van der Waals surface area contributed by atoms with Gasteiger partial charge in [0.2, 0.25) is 5.91 Å². The maximum absolute atomic E-state index is 11.9. The number of amides is 1. The molecule has 0 unspecified atom stereocenters. The van der Waals surface area contributed by atoms with Crippen LogP contribution in [-0.4, -0.2) is 12.2 Å². The molecule has 90 valence electrons. The third-order valence-electron chi connectivity index (χ3n) is 3.65. The lowest BCUT2D eigenvalue weighted by molar-refractivity contribution is -0.124. The zero-order valence-electron chi connectivity index (χ0n) is 10.1. The van der Waals surface area contributed by atoms with Crippen LogP contribution in [0, 0.1) is 17.3 Å². The normalized spacial score (nSPS) is 25.1. The molecule has 0 aliphatic heterocycles. The second kappa shape index (κ2) is 4.32. The van der Waals surface area contributed by atoms with Gasteiger partial charge in [-0.25, -0.2) is 0 Å². The van der Waals surface area contributed by atoms with E-state index in [0.717, 1.165) is 11.8 Å². The molecule has 0 radical (unpaired) electrons. The first-order valence-electron chi connectivity index (χ1n) is 5.84. The quantitative estimate of drug-likeness (QED) is 0.803. The Balaban J connectivity index is 1.89. The average molecular weight is 231 g/mol. The standard InChI is InChI=1S/C14H17NO2/c1-14(2)11(9-16)12(14)13(17)15-8-10-6-4-3-5-7-10/h3-7,9,11-12H,8H2,1-2H3,(H,15,17)/t11-,12-/m0/s1. The summed E-state index contributed by atoms with van der Waals surface area (Å²) in [4.78, 5) is 22.7. The first kappa shape index (κ1) is 11.8. The van der Waals surface area contributed by atoms with E-state index in [1.165, 1.54) is 0 Å². The zero-order chi connectivity index (χ0) is 12.5. The van der Waals surface area contributed by atoms with Crippen molar-refractivity contribution in [2.24, 2.45) is 17.3 Å². The van der Waals surface area contributed by atoms with Crippen molar-refractivity contribution in [3.8, 4) is 0 Å². The fourth-order valence-corrected chi connectivity index (χ4v) is 2.33. The molecule has 0 heterocycles. The second-order valence-electron chi connectivity index (χ2n) is 5.16. The van der Waals surface area contributed by atoms with Crippen LogP contribution in [0.25, 0.3) is 0 Å². The monoisotopic (exact) mass is 231 g/mol. The van der Waals surface area contributed by atoms with E-state index in [2.05, 4.69) is 5.32 Å². The molecule has 0 bridgehead atoms. The molecule has 1 saturated carbocycles. The van der Waals surface area contributed by atoms with E-state index in [4.69, 9.17) is 0 Å². The molecule has 1 N–H and O–H groups in total. The fourth-order valence-electron chi connectivity index (χ4n) is 2.33. The third-order valence-corrected chi connectivity index (χ3v) is 3.65. The summed E-state index contributed by atoms with van der Waals surface area (Å²) < 4.78 is 0. The van der Waals surface area contributed by atoms with E-state index in [1.54, 1.807) is 0 Å². The number of hydrogen-bond donors (Lipinski definition) is 1. The summed E-state index contributed by atoms with van der Waals surface area (Å²) in [6.07, 6.45) is 0.896. The van der Waals surface area contributed by atoms with Crippen LogP contribution < -0.4 is 5.32 Å². The minimum atomic E-state index is -0.178. The van der Waals surface area contributed by atoms with Crippen LogP contribution in [-0.2, 0) is 16.1 Å². The summed E-state index contributed by atoms with van der Waals surface area (Å²) >= 11 is 0. The van der Waals surface area contributed by atoms with Gasteiger partial charge in [-0.3, -0.25) is 4.79 Å². The van der Waals surface area contributed by atoms with Gasteiger partial charge in [-0.05, 0) is 11.0 Å². The van der Waals surface area contributed by atoms with Crippen LogP contribution in [0.2, 0.25) is 0 Å². The lowest BCUT2D eigenvalue weighted by Gasteiger charge is -2.06. The summed E-state index contributed by atoms with van der Waals surface area (Å²) in [6, 6.07) is 9.76. The maximum Gasteiger partial charge on any atom is 0.224 e. The van der Waals surface area contributed by atoms with E-state index in [-0.39, 0.29) is 23.2 Å². The summed E-state index contributed by atoms with van der Waals surface area (Å²) in [5, 5.41) is 2.88. The number of nitrogens with one attached hydrogen (secondary N) is 1. The molecule has 1 fully saturated rings. The van der Waals surface area contributed by atoms with E-state index in [9.17, 15) is 9.59 Å².